The zero-order valence-electron chi connectivity index (χ0n) is 12.9. The SMILES string of the molecule is COCCCNC(=O)CN1CC(C)NCc2ccccc21. The van der Waals surface area contributed by atoms with Crippen molar-refractivity contribution in [1.29, 1.82) is 0 Å². The van der Waals surface area contributed by atoms with Crippen molar-refractivity contribution in [3.8, 4) is 0 Å². The van der Waals surface area contributed by atoms with Crippen LogP contribution in [-0.2, 0) is 16.1 Å². The minimum absolute atomic E-state index is 0.0648. The number of nitrogens with one attached hydrogen (secondary N) is 2. The van der Waals surface area contributed by atoms with Gasteiger partial charge in [-0.2, -0.15) is 0 Å². The van der Waals surface area contributed by atoms with E-state index in [-0.39, 0.29) is 5.91 Å². The third-order valence-electron chi connectivity index (χ3n) is 3.65. The summed E-state index contributed by atoms with van der Waals surface area (Å²) >= 11 is 0. The highest BCUT2D eigenvalue weighted by molar-refractivity contribution is 5.81. The summed E-state index contributed by atoms with van der Waals surface area (Å²) in [7, 11) is 1.67. The van der Waals surface area contributed by atoms with Gasteiger partial charge in [0.2, 0.25) is 5.91 Å². The Labute approximate surface area is 126 Å². The molecule has 0 saturated carbocycles. The van der Waals surface area contributed by atoms with E-state index >= 15 is 0 Å². The fourth-order valence-electron chi connectivity index (χ4n) is 2.57. The normalized spacial score (nSPS) is 18.0. The van der Waals surface area contributed by atoms with Gasteiger partial charge in [-0.15, -0.1) is 0 Å². The molecule has 1 aliphatic heterocycles. The van der Waals surface area contributed by atoms with Gasteiger partial charge in [0.25, 0.3) is 0 Å². The van der Waals surface area contributed by atoms with E-state index < -0.39 is 0 Å². The first-order valence-corrected chi connectivity index (χ1v) is 7.52. The van der Waals surface area contributed by atoms with Crippen molar-refractivity contribution in [1.82, 2.24) is 10.6 Å². The van der Waals surface area contributed by atoms with E-state index in [1.54, 1.807) is 7.11 Å². The van der Waals surface area contributed by atoms with E-state index in [0.717, 1.165) is 25.2 Å². The summed E-state index contributed by atoms with van der Waals surface area (Å²) in [4.78, 5) is 14.2. The Hall–Kier alpha value is -1.59. The van der Waals surface area contributed by atoms with Gasteiger partial charge >= 0.3 is 0 Å². The molecule has 0 saturated heterocycles. The number of ether oxygens (including phenoxy) is 1. The maximum atomic E-state index is 12.1. The minimum Gasteiger partial charge on any atom is -0.385 e. The van der Waals surface area contributed by atoms with Gasteiger partial charge in [0.05, 0.1) is 6.54 Å². The van der Waals surface area contributed by atoms with Gasteiger partial charge < -0.3 is 20.3 Å². The maximum absolute atomic E-state index is 12.1. The summed E-state index contributed by atoms with van der Waals surface area (Å²) in [6.45, 7) is 5.57. The smallest absolute Gasteiger partial charge is 0.239 e. The van der Waals surface area contributed by atoms with Crippen molar-refractivity contribution < 1.29 is 9.53 Å². The standard InChI is InChI=1S/C16H25N3O2/c1-13-11-19(12-16(20)17-8-5-9-21-2)15-7-4-3-6-14(15)10-18-13/h3-4,6-7,13,18H,5,8-12H2,1-2H3,(H,17,20). The van der Waals surface area contributed by atoms with E-state index in [4.69, 9.17) is 4.74 Å². The van der Waals surface area contributed by atoms with Crippen molar-refractivity contribution in [2.75, 3.05) is 38.3 Å². The highest BCUT2D eigenvalue weighted by Gasteiger charge is 2.20. The molecule has 2 N–H and O–H groups in total. The third kappa shape index (κ3) is 4.72. The maximum Gasteiger partial charge on any atom is 0.239 e. The van der Waals surface area contributed by atoms with Gasteiger partial charge in [0.15, 0.2) is 0 Å². The van der Waals surface area contributed by atoms with Crippen LogP contribution >= 0.6 is 0 Å². The van der Waals surface area contributed by atoms with Gasteiger partial charge in [-0.1, -0.05) is 18.2 Å². The lowest BCUT2D eigenvalue weighted by molar-refractivity contribution is -0.119. The number of methoxy groups -OCH3 is 1. The predicted molar refractivity (Wildman–Crippen MR) is 84.5 cm³/mol. The molecule has 0 aromatic heterocycles. The molecule has 1 aromatic carbocycles. The number of nitrogens with zero attached hydrogens (tertiary/aromatic N) is 1. The monoisotopic (exact) mass is 291 g/mol. The van der Waals surface area contributed by atoms with Crippen molar-refractivity contribution in [3.63, 3.8) is 0 Å². The van der Waals surface area contributed by atoms with Gasteiger partial charge in [-0.05, 0) is 25.0 Å². The first-order valence-electron chi connectivity index (χ1n) is 7.52. The lowest BCUT2D eigenvalue weighted by Gasteiger charge is -2.25. The third-order valence-corrected chi connectivity index (χ3v) is 3.65. The molecule has 2 rings (SSSR count). The van der Waals surface area contributed by atoms with E-state index in [0.29, 0.717) is 25.7 Å². The van der Waals surface area contributed by atoms with Gasteiger partial charge in [-0.3, -0.25) is 4.79 Å². The van der Waals surface area contributed by atoms with Crippen LogP contribution in [0.5, 0.6) is 0 Å². The molecule has 5 heteroatoms. The van der Waals surface area contributed by atoms with Crippen LogP contribution in [0.4, 0.5) is 5.69 Å². The number of rotatable bonds is 6. The first kappa shape index (κ1) is 15.8. The molecule has 21 heavy (non-hydrogen) atoms. The average molecular weight is 291 g/mol. The summed E-state index contributed by atoms with van der Waals surface area (Å²) in [6.07, 6.45) is 0.844. The van der Waals surface area contributed by atoms with Crippen molar-refractivity contribution in [2.24, 2.45) is 0 Å². The molecule has 5 nitrogen and oxygen atoms in total. The molecule has 0 fully saturated rings. The zero-order chi connectivity index (χ0) is 15.1. The molecule has 1 atom stereocenters. The number of para-hydroxylation sites is 1. The Morgan fingerprint density at radius 3 is 3.10 bits per heavy atom. The zero-order valence-corrected chi connectivity index (χ0v) is 12.9. The number of carbonyl (C=O) groups is 1. The lowest BCUT2D eigenvalue weighted by Crippen LogP contribution is -2.42. The molecule has 1 aromatic rings. The van der Waals surface area contributed by atoms with Crippen LogP contribution in [0.15, 0.2) is 24.3 Å². The summed E-state index contributed by atoms with van der Waals surface area (Å²) in [5.74, 6) is 0.0648. The minimum atomic E-state index is 0.0648. The van der Waals surface area contributed by atoms with E-state index in [2.05, 4.69) is 34.6 Å². The van der Waals surface area contributed by atoms with Crippen molar-refractivity contribution in [3.05, 3.63) is 29.8 Å². The summed E-state index contributed by atoms with van der Waals surface area (Å²) in [6, 6.07) is 8.63. The molecule has 1 amide bonds. The Balaban J connectivity index is 1.95. The van der Waals surface area contributed by atoms with E-state index in [1.807, 2.05) is 12.1 Å². The van der Waals surface area contributed by atoms with Crippen molar-refractivity contribution in [2.45, 2.75) is 25.9 Å². The second-order valence-electron chi connectivity index (χ2n) is 5.49. The molecule has 0 spiro atoms. The van der Waals surface area contributed by atoms with Gasteiger partial charge in [0, 0.05) is 45.1 Å². The number of carbonyl (C=O) groups excluding carboxylic acids is 1. The highest BCUT2D eigenvalue weighted by atomic mass is 16.5. The Morgan fingerprint density at radius 1 is 1.48 bits per heavy atom. The molecule has 1 unspecified atom stereocenters. The quantitative estimate of drug-likeness (QED) is 0.772. The molecule has 1 heterocycles. The van der Waals surface area contributed by atoms with Crippen LogP contribution < -0.4 is 15.5 Å². The first-order chi connectivity index (χ1) is 10.2. The van der Waals surface area contributed by atoms with Crippen LogP contribution in [0.3, 0.4) is 0 Å². The van der Waals surface area contributed by atoms with Crippen LogP contribution in [-0.4, -0.2) is 45.3 Å². The van der Waals surface area contributed by atoms with Gasteiger partial charge in [0.1, 0.15) is 0 Å². The molecule has 1 aliphatic rings. The van der Waals surface area contributed by atoms with E-state index in [9.17, 15) is 4.79 Å². The topological polar surface area (TPSA) is 53.6 Å². The van der Waals surface area contributed by atoms with Crippen LogP contribution in [0, 0.1) is 0 Å². The largest absolute Gasteiger partial charge is 0.385 e. The number of hydrogen-bond donors (Lipinski definition) is 2. The number of fused-ring (bicyclic) bond motifs is 1. The fourth-order valence-corrected chi connectivity index (χ4v) is 2.57. The van der Waals surface area contributed by atoms with E-state index in [1.165, 1.54) is 5.56 Å². The fraction of sp³-hybridized carbons (Fsp3) is 0.562. The van der Waals surface area contributed by atoms with Crippen molar-refractivity contribution >= 4 is 11.6 Å². The molecule has 0 radical (unpaired) electrons. The molecular weight excluding hydrogens is 266 g/mol. The van der Waals surface area contributed by atoms with Crippen LogP contribution in [0.1, 0.15) is 18.9 Å². The summed E-state index contributed by atoms with van der Waals surface area (Å²) in [5.41, 5.74) is 2.40. The van der Waals surface area contributed by atoms with Crippen LogP contribution in [0.25, 0.3) is 0 Å². The number of hydrogen-bond acceptors (Lipinski definition) is 4. The molecule has 116 valence electrons. The molecule has 0 aliphatic carbocycles. The molecule has 0 bridgehead atoms. The Kier molecular flexibility index (Phi) is 6.02. The number of amides is 1. The predicted octanol–water partition coefficient (Wildman–Crippen LogP) is 1.14. The highest BCUT2D eigenvalue weighted by Crippen LogP contribution is 2.22. The number of benzene rings is 1. The summed E-state index contributed by atoms with van der Waals surface area (Å²) < 4.78 is 4.98. The average Bonchev–Trinajstić information content (AvgIpc) is 2.64. The number of anilines is 1. The second-order valence-corrected chi connectivity index (χ2v) is 5.49. The Morgan fingerprint density at radius 2 is 2.29 bits per heavy atom. The second kappa shape index (κ2) is 8.00. The van der Waals surface area contributed by atoms with Gasteiger partial charge in [-0.25, -0.2) is 0 Å². The Bertz CT molecular complexity index is 465. The summed E-state index contributed by atoms with van der Waals surface area (Å²) in [5, 5.41) is 6.42. The molecular formula is C16H25N3O2. The lowest BCUT2D eigenvalue weighted by atomic mass is 10.1. The van der Waals surface area contributed by atoms with Crippen LogP contribution in [0.2, 0.25) is 0 Å².